The van der Waals surface area contributed by atoms with Gasteiger partial charge in [-0.1, -0.05) is 6.07 Å². The maximum atomic E-state index is 8.96. The fourth-order valence-corrected chi connectivity index (χ4v) is 1.87. The Balaban J connectivity index is 2.32. The normalized spacial score (nSPS) is 9.90. The molecule has 0 aliphatic heterocycles. The van der Waals surface area contributed by atoms with Gasteiger partial charge in [-0.25, -0.2) is 9.97 Å². The van der Waals surface area contributed by atoms with E-state index in [0.717, 1.165) is 23.6 Å². The van der Waals surface area contributed by atoms with Crippen LogP contribution in [0.25, 0.3) is 0 Å². The second kappa shape index (κ2) is 6.02. The summed E-state index contributed by atoms with van der Waals surface area (Å²) in [6, 6.07) is 9.53. The van der Waals surface area contributed by atoms with Gasteiger partial charge in [0.05, 0.1) is 11.6 Å². The molecule has 1 aromatic heterocycles. The van der Waals surface area contributed by atoms with Crippen LogP contribution in [0.2, 0.25) is 0 Å². The Bertz CT molecular complexity index is 658. The molecule has 0 bridgehead atoms. The Hall–Kier alpha value is -2.61. The third-order valence-electron chi connectivity index (χ3n) is 2.83. The van der Waals surface area contributed by atoms with Gasteiger partial charge in [-0.05, 0) is 38.5 Å². The van der Waals surface area contributed by atoms with E-state index in [1.165, 1.54) is 0 Å². The lowest BCUT2D eigenvalue weighted by Crippen LogP contribution is -2.04. The highest BCUT2D eigenvalue weighted by atomic mass is 15.1. The molecule has 1 aromatic carbocycles. The van der Waals surface area contributed by atoms with E-state index in [4.69, 9.17) is 5.26 Å². The number of hydrogen-bond acceptors (Lipinski definition) is 5. The highest BCUT2D eigenvalue weighted by Crippen LogP contribution is 2.22. The lowest BCUT2D eigenvalue weighted by Gasteiger charge is -2.11. The first kappa shape index (κ1) is 13.8. The molecule has 0 saturated carbocycles. The quantitative estimate of drug-likeness (QED) is 0.890. The average Bonchev–Trinajstić information content (AvgIpc) is 2.41. The molecule has 1 heterocycles. The van der Waals surface area contributed by atoms with Crippen LogP contribution in [0.4, 0.5) is 17.3 Å². The van der Waals surface area contributed by atoms with Crippen molar-refractivity contribution < 1.29 is 0 Å². The van der Waals surface area contributed by atoms with Gasteiger partial charge in [-0.3, -0.25) is 0 Å². The Morgan fingerprint density at radius 2 is 1.90 bits per heavy atom. The van der Waals surface area contributed by atoms with Crippen LogP contribution in [0.5, 0.6) is 0 Å². The van der Waals surface area contributed by atoms with Gasteiger partial charge in [0, 0.05) is 18.3 Å². The maximum Gasteiger partial charge on any atom is 0.136 e. The number of nitrogens with zero attached hydrogens (tertiary/aromatic N) is 3. The number of benzene rings is 1. The Morgan fingerprint density at radius 3 is 2.60 bits per heavy atom. The van der Waals surface area contributed by atoms with Crippen molar-refractivity contribution >= 4 is 17.3 Å². The van der Waals surface area contributed by atoms with Gasteiger partial charge in [-0.2, -0.15) is 5.26 Å². The molecule has 0 spiro atoms. The minimum absolute atomic E-state index is 0.621. The summed E-state index contributed by atoms with van der Waals surface area (Å²) in [6.45, 7) is 6.66. The lowest BCUT2D eigenvalue weighted by atomic mass is 10.1. The second-order valence-corrected chi connectivity index (χ2v) is 4.48. The SMILES string of the molecule is CCNc1cc(Nc2cc(C#N)ccc2C)nc(C)n1. The molecule has 0 aliphatic carbocycles. The van der Waals surface area contributed by atoms with E-state index < -0.39 is 0 Å². The van der Waals surface area contributed by atoms with Crippen molar-refractivity contribution in [2.24, 2.45) is 0 Å². The van der Waals surface area contributed by atoms with Crippen LogP contribution < -0.4 is 10.6 Å². The largest absolute Gasteiger partial charge is 0.370 e. The van der Waals surface area contributed by atoms with Crippen LogP contribution in [-0.4, -0.2) is 16.5 Å². The van der Waals surface area contributed by atoms with Crippen LogP contribution in [0.15, 0.2) is 24.3 Å². The molecule has 2 N–H and O–H groups in total. The first-order chi connectivity index (χ1) is 9.62. The Labute approximate surface area is 118 Å². The summed E-state index contributed by atoms with van der Waals surface area (Å²) in [5.74, 6) is 2.20. The summed E-state index contributed by atoms with van der Waals surface area (Å²) >= 11 is 0. The van der Waals surface area contributed by atoms with E-state index >= 15 is 0 Å². The standard InChI is InChI=1S/C15H17N5/c1-4-17-14-8-15(19-11(3)18-14)20-13-7-12(9-16)6-5-10(13)2/h5-8H,4H2,1-3H3,(H2,17,18,19,20). The number of nitriles is 1. The molecule has 5 heteroatoms. The zero-order valence-electron chi connectivity index (χ0n) is 11.9. The van der Waals surface area contributed by atoms with Crippen LogP contribution in [0.3, 0.4) is 0 Å². The number of nitrogens with one attached hydrogen (secondary N) is 2. The highest BCUT2D eigenvalue weighted by Gasteiger charge is 2.05. The molecule has 20 heavy (non-hydrogen) atoms. The molecular formula is C15H17N5. The number of aryl methyl sites for hydroxylation is 2. The molecule has 5 nitrogen and oxygen atoms in total. The van der Waals surface area contributed by atoms with E-state index in [-0.39, 0.29) is 0 Å². The molecule has 0 atom stereocenters. The van der Waals surface area contributed by atoms with Gasteiger partial charge in [0.25, 0.3) is 0 Å². The molecule has 2 aromatic rings. The number of aromatic nitrogens is 2. The second-order valence-electron chi connectivity index (χ2n) is 4.48. The summed E-state index contributed by atoms with van der Waals surface area (Å²) in [4.78, 5) is 8.67. The summed E-state index contributed by atoms with van der Waals surface area (Å²) in [7, 11) is 0. The van der Waals surface area contributed by atoms with Crippen molar-refractivity contribution in [3.8, 4) is 6.07 Å². The molecule has 102 valence electrons. The summed E-state index contributed by atoms with van der Waals surface area (Å²) in [5, 5.41) is 15.4. The first-order valence-corrected chi connectivity index (χ1v) is 6.49. The topological polar surface area (TPSA) is 73.6 Å². The van der Waals surface area contributed by atoms with Crippen LogP contribution in [-0.2, 0) is 0 Å². The van der Waals surface area contributed by atoms with Crippen LogP contribution in [0, 0.1) is 25.2 Å². The van der Waals surface area contributed by atoms with E-state index in [9.17, 15) is 0 Å². The summed E-state index contributed by atoms with van der Waals surface area (Å²) < 4.78 is 0. The summed E-state index contributed by atoms with van der Waals surface area (Å²) in [5.41, 5.74) is 2.56. The van der Waals surface area contributed by atoms with Gasteiger partial charge in [0.1, 0.15) is 17.5 Å². The fourth-order valence-electron chi connectivity index (χ4n) is 1.87. The molecule has 0 fully saturated rings. The fraction of sp³-hybridized carbons (Fsp3) is 0.267. The predicted molar refractivity (Wildman–Crippen MR) is 80.1 cm³/mol. The van der Waals surface area contributed by atoms with E-state index in [2.05, 4.69) is 26.7 Å². The van der Waals surface area contributed by atoms with Gasteiger partial charge >= 0.3 is 0 Å². The zero-order chi connectivity index (χ0) is 14.5. The average molecular weight is 267 g/mol. The summed E-state index contributed by atoms with van der Waals surface area (Å²) in [6.07, 6.45) is 0. The third kappa shape index (κ3) is 3.23. The molecule has 0 saturated heterocycles. The number of hydrogen-bond donors (Lipinski definition) is 2. The van der Waals surface area contributed by atoms with Crippen molar-refractivity contribution in [1.82, 2.24) is 9.97 Å². The first-order valence-electron chi connectivity index (χ1n) is 6.49. The molecule has 0 aliphatic rings. The number of anilines is 3. The molecule has 2 rings (SSSR count). The van der Waals surface area contributed by atoms with Gasteiger partial charge < -0.3 is 10.6 Å². The van der Waals surface area contributed by atoms with Crippen molar-refractivity contribution in [2.75, 3.05) is 17.2 Å². The molecule has 0 unspecified atom stereocenters. The van der Waals surface area contributed by atoms with E-state index in [1.54, 1.807) is 6.07 Å². The lowest BCUT2D eigenvalue weighted by molar-refractivity contribution is 1.04. The van der Waals surface area contributed by atoms with Crippen molar-refractivity contribution in [2.45, 2.75) is 20.8 Å². The minimum Gasteiger partial charge on any atom is -0.370 e. The molecular weight excluding hydrogens is 250 g/mol. The number of rotatable bonds is 4. The predicted octanol–water partition coefficient (Wildman–Crippen LogP) is 3.14. The molecule has 0 amide bonds. The highest BCUT2D eigenvalue weighted by molar-refractivity contribution is 5.64. The third-order valence-corrected chi connectivity index (χ3v) is 2.83. The van der Waals surface area contributed by atoms with Crippen LogP contribution >= 0.6 is 0 Å². The Morgan fingerprint density at radius 1 is 1.15 bits per heavy atom. The Kier molecular flexibility index (Phi) is 4.16. The van der Waals surface area contributed by atoms with Crippen molar-refractivity contribution in [3.63, 3.8) is 0 Å². The van der Waals surface area contributed by atoms with Crippen LogP contribution in [0.1, 0.15) is 23.9 Å². The van der Waals surface area contributed by atoms with Gasteiger partial charge in [-0.15, -0.1) is 0 Å². The van der Waals surface area contributed by atoms with Gasteiger partial charge in [0.2, 0.25) is 0 Å². The smallest absolute Gasteiger partial charge is 0.136 e. The van der Waals surface area contributed by atoms with Gasteiger partial charge in [0.15, 0.2) is 0 Å². The minimum atomic E-state index is 0.621. The van der Waals surface area contributed by atoms with Crippen molar-refractivity contribution in [1.29, 1.82) is 5.26 Å². The van der Waals surface area contributed by atoms with E-state index in [0.29, 0.717) is 17.2 Å². The molecule has 0 radical (unpaired) electrons. The monoisotopic (exact) mass is 267 g/mol. The van der Waals surface area contributed by atoms with E-state index in [1.807, 2.05) is 39.0 Å². The maximum absolute atomic E-state index is 8.96. The van der Waals surface area contributed by atoms with Crippen molar-refractivity contribution in [3.05, 3.63) is 41.2 Å². The zero-order valence-corrected chi connectivity index (χ0v) is 11.9.